The van der Waals surface area contributed by atoms with E-state index in [1.165, 1.54) is 12.1 Å². The predicted molar refractivity (Wildman–Crippen MR) is 77.8 cm³/mol. The molecule has 0 aliphatic carbocycles. The highest BCUT2D eigenvalue weighted by Crippen LogP contribution is 2.26. The molecule has 0 aromatic heterocycles. The molecule has 0 aliphatic rings. The number of carbonyl (C=O) groups is 3. The normalized spacial score (nSPS) is 10.3. The molecule has 0 fully saturated rings. The molecule has 1 aromatic rings. The molecule has 0 spiro atoms. The summed E-state index contributed by atoms with van der Waals surface area (Å²) in [5.41, 5.74) is 0.244. The maximum atomic E-state index is 11.9. The Balaban J connectivity index is 2.77. The van der Waals surface area contributed by atoms with Gasteiger partial charge < -0.3 is 9.47 Å². The number of ether oxygens (including phenoxy) is 2. The van der Waals surface area contributed by atoms with Gasteiger partial charge >= 0.3 is 5.97 Å². The molecule has 0 atom stereocenters. The first-order chi connectivity index (χ1) is 9.85. The lowest BCUT2D eigenvalue weighted by atomic mass is 10.1. The Bertz CT molecular complexity index is 551. The van der Waals surface area contributed by atoms with Crippen LogP contribution in [0.2, 0.25) is 5.02 Å². The highest BCUT2D eigenvalue weighted by molar-refractivity contribution is 6.38. The average Bonchev–Trinajstić information content (AvgIpc) is 2.40. The number of hydrogen-bond acceptors (Lipinski definition) is 5. The van der Waals surface area contributed by atoms with Crippen LogP contribution in [0.5, 0.6) is 5.75 Å². The number of Topliss-reactive ketones (excluding diaryl/α,β-unsaturated/α-hetero) is 2. The van der Waals surface area contributed by atoms with Crippen LogP contribution in [0, 0.1) is 0 Å². The number of ketones is 2. The molecule has 0 saturated carbocycles. The molecule has 0 aliphatic heterocycles. The van der Waals surface area contributed by atoms with E-state index in [0.29, 0.717) is 5.75 Å². The van der Waals surface area contributed by atoms with Crippen molar-refractivity contribution < 1.29 is 23.9 Å². The zero-order valence-corrected chi connectivity index (χ0v) is 12.9. The van der Waals surface area contributed by atoms with Gasteiger partial charge in [-0.1, -0.05) is 11.6 Å². The van der Waals surface area contributed by atoms with Crippen LogP contribution in [0.3, 0.4) is 0 Å². The first-order valence-corrected chi connectivity index (χ1v) is 6.92. The maximum absolute atomic E-state index is 11.9. The number of rotatable bonds is 7. The lowest BCUT2D eigenvalue weighted by Crippen LogP contribution is -2.20. The average molecular weight is 313 g/mol. The van der Waals surface area contributed by atoms with E-state index in [4.69, 9.17) is 16.3 Å². The van der Waals surface area contributed by atoms with Crippen molar-refractivity contribution >= 4 is 29.1 Å². The van der Waals surface area contributed by atoms with Crippen LogP contribution in [0.25, 0.3) is 0 Å². The van der Waals surface area contributed by atoms with Crippen molar-refractivity contribution in [1.29, 1.82) is 0 Å². The molecule has 0 saturated heterocycles. The van der Waals surface area contributed by atoms with Crippen molar-refractivity contribution in [3.05, 3.63) is 28.8 Å². The molecule has 0 unspecified atom stereocenters. The third-order valence-electron chi connectivity index (χ3n) is 2.44. The van der Waals surface area contributed by atoms with Gasteiger partial charge in [-0.25, -0.2) is 4.79 Å². The summed E-state index contributed by atoms with van der Waals surface area (Å²) in [6.45, 7) is 5.38. The molecule has 5 nitrogen and oxygen atoms in total. The van der Waals surface area contributed by atoms with E-state index in [-0.39, 0.29) is 23.3 Å². The smallest absolute Gasteiger partial charge is 0.375 e. The Hall–Kier alpha value is -1.88. The van der Waals surface area contributed by atoms with Gasteiger partial charge in [-0.2, -0.15) is 0 Å². The zero-order chi connectivity index (χ0) is 16.0. The SMILES string of the molecule is CCOC(=O)C(=O)CC(=O)c1ccc(OC(C)C)c(Cl)c1. The molecule has 6 heteroatoms. The van der Waals surface area contributed by atoms with Crippen molar-refractivity contribution in [2.24, 2.45) is 0 Å². The van der Waals surface area contributed by atoms with Gasteiger partial charge in [0.05, 0.1) is 24.2 Å². The van der Waals surface area contributed by atoms with E-state index in [0.717, 1.165) is 0 Å². The van der Waals surface area contributed by atoms with Crippen LogP contribution >= 0.6 is 11.6 Å². The second-order valence-electron chi connectivity index (χ2n) is 4.56. The number of hydrogen-bond donors (Lipinski definition) is 0. The number of carbonyl (C=O) groups excluding carboxylic acids is 3. The first kappa shape index (κ1) is 17.2. The standard InChI is InChI=1S/C15H17ClO5/c1-4-20-15(19)13(18)8-12(17)10-5-6-14(11(16)7-10)21-9(2)3/h5-7,9H,4,8H2,1-3H3. The minimum absolute atomic E-state index is 0.0468. The van der Waals surface area contributed by atoms with E-state index in [1.807, 2.05) is 13.8 Å². The molecule has 0 heterocycles. The molecule has 21 heavy (non-hydrogen) atoms. The van der Waals surface area contributed by atoms with Crippen LogP contribution in [-0.2, 0) is 14.3 Å². The van der Waals surface area contributed by atoms with Gasteiger partial charge in [-0.15, -0.1) is 0 Å². The third-order valence-corrected chi connectivity index (χ3v) is 2.74. The second kappa shape index (κ2) is 7.78. The molecule has 0 N–H and O–H groups in total. The Morgan fingerprint density at radius 3 is 2.43 bits per heavy atom. The number of benzene rings is 1. The van der Waals surface area contributed by atoms with Gasteiger partial charge in [-0.3, -0.25) is 9.59 Å². The van der Waals surface area contributed by atoms with Crippen molar-refractivity contribution in [3.63, 3.8) is 0 Å². The summed E-state index contributed by atoms with van der Waals surface area (Å²) in [5, 5.41) is 0.276. The molecule has 1 aromatic carbocycles. The monoisotopic (exact) mass is 312 g/mol. The van der Waals surface area contributed by atoms with Gasteiger partial charge in [0.1, 0.15) is 5.75 Å². The highest BCUT2D eigenvalue weighted by atomic mass is 35.5. The molecule has 0 amide bonds. The topological polar surface area (TPSA) is 69.7 Å². The number of esters is 1. The van der Waals surface area contributed by atoms with E-state index in [1.54, 1.807) is 13.0 Å². The largest absolute Gasteiger partial charge is 0.489 e. The van der Waals surface area contributed by atoms with Crippen molar-refractivity contribution in [2.75, 3.05) is 6.61 Å². The summed E-state index contributed by atoms with van der Waals surface area (Å²) in [5.74, 6) is -1.91. The van der Waals surface area contributed by atoms with Crippen molar-refractivity contribution in [1.82, 2.24) is 0 Å². The summed E-state index contributed by atoms with van der Waals surface area (Å²) in [6, 6.07) is 4.48. The second-order valence-corrected chi connectivity index (χ2v) is 4.96. The zero-order valence-electron chi connectivity index (χ0n) is 12.1. The molecule has 0 radical (unpaired) electrons. The van der Waals surface area contributed by atoms with Crippen LogP contribution in [0.15, 0.2) is 18.2 Å². The molecule has 0 bridgehead atoms. The van der Waals surface area contributed by atoms with Gasteiger partial charge in [0.15, 0.2) is 5.78 Å². The summed E-state index contributed by atoms with van der Waals surface area (Å²) in [6.07, 6.45) is -0.589. The van der Waals surface area contributed by atoms with Gasteiger partial charge in [-0.05, 0) is 39.0 Å². The van der Waals surface area contributed by atoms with Gasteiger partial charge in [0.2, 0.25) is 5.78 Å². The van der Waals surface area contributed by atoms with Crippen LogP contribution in [-0.4, -0.2) is 30.2 Å². The van der Waals surface area contributed by atoms with E-state index < -0.39 is 24.0 Å². The Morgan fingerprint density at radius 1 is 1.24 bits per heavy atom. The maximum Gasteiger partial charge on any atom is 0.375 e. The summed E-state index contributed by atoms with van der Waals surface area (Å²) in [7, 11) is 0. The van der Waals surface area contributed by atoms with Gasteiger partial charge in [0, 0.05) is 5.56 Å². The highest BCUT2D eigenvalue weighted by Gasteiger charge is 2.20. The lowest BCUT2D eigenvalue weighted by Gasteiger charge is -2.11. The van der Waals surface area contributed by atoms with Gasteiger partial charge in [0.25, 0.3) is 0 Å². The van der Waals surface area contributed by atoms with Crippen molar-refractivity contribution in [3.8, 4) is 5.75 Å². The lowest BCUT2D eigenvalue weighted by molar-refractivity contribution is -0.153. The fourth-order valence-electron chi connectivity index (χ4n) is 1.56. The molecular weight excluding hydrogens is 296 g/mol. The minimum atomic E-state index is -1.00. The van der Waals surface area contributed by atoms with Crippen LogP contribution < -0.4 is 4.74 Å². The summed E-state index contributed by atoms with van der Waals surface area (Å²) >= 11 is 6.01. The molecular formula is C15H17ClO5. The summed E-state index contributed by atoms with van der Waals surface area (Å²) in [4.78, 5) is 34.6. The quantitative estimate of drug-likeness (QED) is 0.335. The number of halogens is 1. The van der Waals surface area contributed by atoms with E-state index in [2.05, 4.69) is 4.74 Å². The fraction of sp³-hybridized carbons (Fsp3) is 0.400. The minimum Gasteiger partial charge on any atom is -0.489 e. The van der Waals surface area contributed by atoms with E-state index >= 15 is 0 Å². The Labute approximate surface area is 128 Å². The van der Waals surface area contributed by atoms with Crippen LogP contribution in [0.1, 0.15) is 37.6 Å². The third kappa shape index (κ3) is 5.19. The Morgan fingerprint density at radius 2 is 1.90 bits per heavy atom. The molecule has 114 valence electrons. The summed E-state index contributed by atoms with van der Waals surface area (Å²) < 4.78 is 9.99. The van der Waals surface area contributed by atoms with Crippen LogP contribution in [0.4, 0.5) is 0 Å². The van der Waals surface area contributed by atoms with Crippen molar-refractivity contribution in [2.45, 2.75) is 33.3 Å². The van der Waals surface area contributed by atoms with E-state index in [9.17, 15) is 14.4 Å². The predicted octanol–water partition coefficient (Wildman–Crippen LogP) is 2.83. The first-order valence-electron chi connectivity index (χ1n) is 6.54. The fourth-order valence-corrected chi connectivity index (χ4v) is 1.78. The Kier molecular flexibility index (Phi) is 6.37. The molecule has 1 rings (SSSR count).